The SMILES string of the molecule is CCCCCNCC([O])=O. The lowest BCUT2D eigenvalue weighted by Gasteiger charge is -1.97. The van der Waals surface area contributed by atoms with Crippen LogP contribution in [0.2, 0.25) is 0 Å². The van der Waals surface area contributed by atoms with Gasteiger partial charge in [-0.2, -0.15) is 0 Å². The highest BCUT2D eigenvalue weighted by Gasteiger charge is 1.95. The van der Waals surface area contributed by atoms with E-state index in [1.165, 1.54) is 0 Å². The molecule has 3 heteroatoms. The van der Waals surface area contributed by atoms with E-state index in [0.29, 0.717) is 0 Å². The molecule has 0 saturated heterocycles. The van der Waals surface area contributed by atoms with Gasteiger partial charge in [0.05, 0.1) is 6.54 Å². The van der Waals surface area contributed by atoms with Crippen LogP contribution >= 0.6 is 0 Å². The summed E-state index contributed by atoms with van der Waals surface area (Å²) in [6.07, 6.45) is 3.36. The first-order valence-electron chi connectivity index (χ1n) is 3.68. The fourth-order valence-electron chi connectivity index (χ4n) is 0.690. The Morgan fingerprint density at radius 2 is 2.10 bits per heavy atom. The van der Waals surface area contributed by atoms with E-state index < -0.39 is 5.97 Å². The predicted octanol–water partition coefficient (Wildman–Crippen LogP) is 0.723. The molecule has 0 aromatic heterocycles. The molecule has 0 aliphatic rings. The van der Waals surface area contributed by atoms with E-state index in [2.05, 4.69) is 12.2 Å². The number of unbranched alkanes of at least 4 members (excludes halogenated alkanes) is 2. The molecule has 0 amide bonds. The second-order valence-electron chi connectivity index (χ2n) is 2.26. The molecule has 0 atom stereocenters. The van der Waals surface area contributed by atoms with E-state index in [1.807, 2.05) is 0 Å². The van der Waals surface area contributed by atoms with Crippen LogP contribution in [0.3, 0.4) is 0 Å². The van der Waals surface area contributed by atoms with Gasteiger partial charge in [0.2, 0.25) is 0 Å². The van der Waals surface area contributed by atoms with E-state index in [9.17, 15) is 9.90 Å². The van der Waals surface area contributed by atoms with Crippen molar-refractivity contribution in [1.82, 2.24) is 5.32 Å². The summed E-state index contributed by atoms with van der Waals surface area (Å²) in [6.45, 7) is 2.87. The third-order valence-corrected chi connectivity index (χ3v) is 1.23. The van der Waals surface area contributed by atoms with Crippen LogP contribution in [0.5, 0.6) is 0 Å². The monoisotopic (exact) mass is 144 g/mol. The maximum absolute atomic E-state index is 9.86. The summed E-state index contributed by atoms with van der Waals surface area (Å²) in [6, 6.07) is 0. The molecule has 0 saturated carbocycles. The van der Waals surface area contributed by atoms with E-state index >= 15 is 0 Å². The van der Waals surface area contributed by atoms with Crippen molar-refractivity contribution in [2.45, 2.75) is 26.2 Å². The average Bonchev–Trinajstić information content (AvgIpc) is 1.87. The zero-order valence-corrected chi connectivity index (χ0v) is 6.35. The van der Waals surface area contributed by atoms with Gasteiger partial charge in [-0.1, -0.05) is 19.8 Å². The fourth-order valence-corrected chi connectivity index (χ4v) is 0.690. The molecule has 0 rings (SSSR count). The van der Waals surface area contributed by atoms with Gasteiger partial charge in [-0.15, -0.1) is 0 Å². The molecule has 0 spiro atoms. The maximum Gasteiger partial charge on any atom is 0.369 e. The second kappa shape index (κ2) is 6.55. The number of carbonyl (C=O) groups is 1. The molecule has 59 valence electrons. The second-order valence-corrected chi connectivity index (χ2v) is 2.26. The summed E-state index contributed by atoms with van der Waals surface area (Å²) >= 11 is 0. The Kier molecular flexibility index (Phi) is 6.18. The normalized spacial score (nSPS) is 9.70. The summed E-state index contributed by atoms with van der Waals surface area (Å²) in [5, 5.41) is 12.6. The number of carbonyl (C=O) groups excluding carboxylic acids is 1. The predicted molar refractivity (Wildman–Crippen MR) is 38.1 cm³/mol. The minimum absolute atomic E-state index is 0.0241. The highest BCUT2D eigenvalue weighted by atomic mass is 16.4. The van der Waals surface area contributed by atoms with Gasteiger partial charge in [0.1, 0.15) is 0 Å². The first-order valence-corrected chi connectivity index (χ1v) is 3.68. The number of hydrogen-bond donors (Lipinski definition) is 1. The number of hydrogen-bond acceptors (Lipinski definition) is 2. The third-order valence-electron chi connectivity index (χ3n) is 1.23. The molecule has 0 bridgehead atoms. The van der Waals surface area contributed by atoms with Gasteiger partial charge < -0.3 is 5.32 Å². The van der Waals surface area contributed by atoms with Crippen molar-refractivity contribution in [1.29, 1.82) is 0 Å². The number of rotatable bonds is 6. The van der Waals surface area contributed by atoms with Gasteiger partial charge in [0, 0.05) is 0 Å². The summed E-state index contributed by atoms with van der Waals surface area (Å²) in [5.41, 5.74) is 0. The van der Waals surface area contributed by atoms with E-state index in [-0.39, 0.29) is 6.54 Å². The molecule has 1 N–H and O–H groups in total. The zero-order chi connectivity index (χ0) is 7.82. The smallest absolute Gasteiger partial charge is 0.307 e. The van der Waals surface area contributed by atoms with Gasteiger partial charge in [0.25, 0.3) is 0 Å². The van der Waals surface area contributed by atoms with Crippen LogP contribution < -0.4 is 5.32 Å². The lowest BCUT2D eigenvalue weighted by Crippen LogP contribution is -2.22. The average molecular weight is 144 g/mol. The Morgan fingerprint density at radius 3 is 2.60 bits per heavy atom. The number of nitrogens with one attached hydrogen (secondary N) is 1. The van der Waals surface area contributed by atoms with Crippen molar-refractivity contribution in [2.24, 2.45) is 0 Å². The van der Waals surface area contributed by atoms with Crippen LogP contribution in [-0.4, -0.2) is 19.1 Å². The lowest BCUT2D eigenvalue weighted by atomic mass is 10.2. The van der Waals surface area contributed by atoms with Gasteiger partial charge >= 0.3 is 5.97 Å². The van der Waals surface area contributed by atoms with Gasteiger partial charge in [0.15, 0.2) is 0 Å². The Labute approximate surface area is 61.4 Å². The Hall–Kier alpha value is -0.570. The summed E-state index contributed by atoms with van der Waals surface area (Å²) < 4.78 is 0. The van der Waals surface area contributed by atoms with Gasteiger partial charge in [-0.05, 0) is 13.0 Å². The first-order chi connectivity index (χ1) is 4.77. The Bertz CT molecular complexity index is 93.6. The largest absolute Gasteiger partial charge is 0.369 e. The molecule has 0 fully saturated rings. The fraction of sp³-hybridized carbons (Fsp3) is 0.857. The van der Waals surface area contributed by atoms with Crippen LogP contribution in [0, 0.1) is 0 Å². The maximum atomic E-state index is 9.86. The summed E-state index contributed by atoms with van der Waals surface area (Å²) in [4.78, 5) is 9.86. The Morgan fingerprint density at radius 1 is 1.40 bits per heavy atom. The van der Waals surface area contributed by atoms with E-state index in [1.54, 1.807) is 0 Å². The van der Waals surface area contributed by atoms with Crippen molar-refractivity contribution in [3.8, 4) is 0 Å². The van der Waals surface area contributed by atoms with Crippen molar-refractivity contribution in [2.75, 3.05) is 13.1 Å². The highest BCUT2D eigenvalue weighted by Crippen LogP contribution is 1.90. The molecule has 3 nitrogen and oxygen atoms in total. The highest BCUT2D eigenvalue weighted by molar-refractivity contribution is 5.68. The molecule has 0 heterocycles. The quantitative estimate of drug-likeness (QED) is 0.558. The van der Waals surface area contributed by atoms with Crippen LogP contribution in [0.4, 0.5) is 0 Å². The zero-order valence-electron chi connectivity index (χ0n) is 6.35. The van der Waals surface area contributed by atoms with Crippen molar-refractivity contribution >= 4 is 5.97 Å². The van der Waals surface area contributed by atoms with Crippen LogP contribution in [-0.2, 0) is 9.90 Å². The summed E-state index contributed by atoms with van der Waals surface area (Å²) in [7, 11) is 0. The minimum atomic E-state index is -1.03. The van der Waals surface area contributed by atoms with E-state index in [4.69, 9.17) is 0 Å². The van der Waals surface area contributed by atoms with Crippen LogP contribution in [0.1, 0.15) is 26.2 Å². The third kappa shape index (κ3) is 7.43. The minimum Gasteiger partial charge on any atom is -0.307 e. The first kappa shape index (κ1) is 9.43. The standard InChI is InChI=1S/C7H14NO2/c1-2-3-4-5-8-6-7(9)10/h8H,2-6H2,1H3. The van der Waals surface area contributed by atoms with Crippen LogP contribution in [0.15, 0.2) is 0 Å². The molecular weight excluding hydrogens is 130 g/mol. The van der Waals surface area contributed by atoms with Crippen LogP contribution in [0.25, 0.3) is 0 Å². The van der Waals surface area contributed by atoms with Crippen molar-refractivity contribution in [3.05, 3.63) is 0 Å². The molecule has 0 unspecified atom stereocenters. The topological polar surface area (TPSA) is 49.0 Å². The molecule has 0 aliphatic heterocycles. The van der Waals surface area contributed by atoms with Gasteiger partial charge in [-0.3, -0.25) is 0 Å². The van der Waals surface area contributed by atoms with Crippen molar-refractivity contribution in [3.63, 3.8) is 0 Å². The molecule has 0 aromatic rings. The Balaban J connectivity index is 2.84. The molecule has 10 heavy (non-hydrogen) atoms. The lowest BCUT2D eigenvalue weighted by molar-refractivity contribution is -0.141. The molecular formula is C7H14NO2. The summed E-state index contributed by atoms with van der Waals surface area (Å²) in [5.74, 6) is -1.03. The molecule has 0 aliphatic carbocycles. The molecule has 0 aromatic carbocycles. The molecule has 1 radical (unpaired) electrons. The van der Waals surface area contributed by atoms with Crippen molar-refractivity contribution < 1.29 is 9.90 Å². The van der Waals surface area contributed by atoms with E-state index in [0.717, 1.165) is 25.8 Å². The van der Waals surface area contributed by atoms with Gasteiger partial charge in [-0.25, -0.2) is 9.90 Å².